The fraction of sp³-hybridized carbons (Fsp3) is 0.350. The third-order valence-corrected chi connectivity index (χ3v) is 6.03. The summed E-state index contributed by atoms with van der Waals surface area (Å²) in [5.41, 5.74) is 0.561. The molecule has 1 aliphatic heterocycles. The molecular formula is C20H20FNO5S. The molecule has 148 valence electrons. The number of halogens is 1. The molecule has 8 heteroatoms. The van der Waals surface area contributed by atoms with E-state index in [1.807, 2.05) is 12.1 Å². The number of amides is 1. The smallest absolute Gasteiger partial charge is 0.254 e. The van der Waals surface area contributed by atoms with E-state index in [4.69, 9.17) is 9.47 Å². The quantitative estimate of drug-likeness (QED) is 0.774. The van der Waals surface area contributed by atoms with E-state index < -0.39 is 21.6 Å². The highest BCUT2D eigenvalue weighted by Crippen LogP contribution is 2.43. The zero-order valence-electron chi connectivity index (χ0n) is 15.3. The average molecular weight is 405 g/mol. The zero-order chi connectivity index (χ0) is 19.9. The van der Waals surface area contributed by atoms with Crippen molar-refractivity contribution in [3.05, 3.63) is 53.3 Å². The van der Waals surface area contributed by atoms with Crippen molar-refractivity contribution in [1.29, 1.82) is 0 Å². The van der Waals surface area contributed by atoms with E-state index in [0.717, 1.165) is 42.9 Å². The van der Waals surface area contributed by atoms with Crippen molar-refractivity contribution < 1.29 is 27.1 Å². The number of hydrogen-bond acceptors (Lipinski definition) is 5. The van der Waals surface area contributed by atoms with Gasteiger partial charge in [-0.2, -0.15) is 0 Å². The van der Waals surface area contributed by atoms with Gasteiger partial charge in [-0.05, 0) is 54.7 Å². The highest BCUT2D eigenvalue weighted by Gasteiger charge is 2.35. The van der Waals surface area contributed by atoms with E-state index in [2.05, 4.69) is 5.32 Å². The fourth-order valence-corrected chi connectivity index (χ4v) is 3.93. The lowest BCUT2D eigenvalue weighted by Gasteiger charge is -2.23. The molecule has 1 heterocycles. The molecule has 2 aliphatic rings. The van der Waals surface area contributed by atoms with Gasteiger partial charge in [0.05, 0.1) is 16.5 Å². The van der Waals surface area contributed by atoms with E-state index >= 15 is 0 Å². The molecule has 1 saturated carbocycles. The maximum absolute atomic E-state index is 14.2. The number of carbonyl (C=O) groups is 1. The molecule has 0 bridgehead atoms. The van der Waals surface area contributed by atoms with E-state index in [1.54, 1.807) is 6.07 Å². The Balaban J connectivity index is 1.62. The van der Waals surface area contributed by atoms with Crippen molar-refractivity contribution in [3.8, 4) is 11.5 Å². The Labute approximate surface area is 162 Å². The summed E-state index contributed by atoms with van der Waals surface area (Å²) < 4.78 is 48.8. The number of ether oxygens (including phenoxy) is 2. The lowest BCUT2D eigenvalue weighted by Crippen LogP contribution is -2.31. The Morgan fingerprint density at radius 2 is 1.82 bits per heavy atom. The van der Waals surface area contributed by atoms with Gasteiger partial charge in [-0.15, -0.1) is 0 Å². The molecule has 4 rings (SSSR count). The van der Waals surface area contributed by atoms with Gasteiger partial charge in [-0.25, -0.2) is 12.8 Å². The predicted molar refractivity (Wildman–Crippen MR) is 99.9 cm³/mol. The molecule has 2 aromatic carbocycles. The first-order valence-corrected chi connectivity index (χ1v) is 10.9. The number of hydrogen-bond donors (Lipinski definition) is 1. The maximum atomic E-state index is 14.2. The molecule has 0 aromatic heterocycles. The molecule has 0 spiro atoms. The normalized spacial score (nSPS) is 17.1. The van der Waals surface area contributed by atoms with Gasteiger partial charge < -0.3 is 14.8 Å². The highest BCUT2D eigenvalue weighted by atomic mass is 32.2. The molecule has 1 aliphatic carbocycles. The summed E-state index contributed by atoms with van der Waals surface area (Å²) in [6.45, 7) is 0.950. The minimum atomic E-state index is -3.55. The Hall–Kier alpha value is -2.61. The molecule has 28 heavy (non-hydrogen) atoms. The number of sulfone groups is 1. The molecule has 2 aromatic rings. The van der Waals surface area contributed by atoms with Crippen molar-refractivity contribution in [3.63, 3.8) is 0 Å². The monoisotopic (exact) mass is 405 g/mol. The van der Waals surface area contributed by atoms with Crippen LogP contribution in [0, 0.1) is 11.7 Å². The van der Waals surface area contributed by atoms with Crippen LogP contribution < -0.4 is 14.8 Å². The number of nitrogens with one attached hydrogen (secondary N) is 1. The first-order chi connectivity index (χ1) is 13.3. The number of carbonyl (C=O) groups excluding carboxylic acids is 1. The van der Waals surface area contributed by atoms with E-state index in [-0.39, 0.29) is 22.4 Å². The van der Waals surface area contributed by atoms with Gasteiger partial charge in [0.2, 0.25) is 0 Å². The van der Waals surface area contributed by atoms with Gasteiger partial charge in [0.25, 0.3) is 5.91 Å². The SMILES string of the molecule is CS(=O)(=O)c1ccc(F)c(C(=O)N[C@@H](c2ccc3c(c2)OCCO3)C2CC2)c1. The van der Waals surface area contributed by atoms with Crippen LogP contribution in [0.25, 0.3) is 0 Å². The van der Waals surface area contributed by atoms with Crippen LogP contribution in [0.2, 0.25) is 0 Å². The topological polar surface area (TPSA) is 81.7 Å². The molecular weight excluding hydrogens is 385 g/mol. The highest BCUT2D eigenvalue weighted by molar-refractivity contribution is 7.90. The van der Waals surface area contributed by atoms with Crippen LogP contribution in [0.15, 0.2) is 41.3 Å². The predicted octanol–water partition coefficient (Wildman–Crippen LogP) is 2.88. The van der Waals surface area contributed by atoms with Crippen molar-refractivity contribution >= 4 is 15.7 Å². The second-order valence-electron chi connectivity index (χ2n) is 7.11. The van der Waals surface area contributed by atoms with Crippen molar-refractivity contribution in [2.45, 2.75) is 23.8 Å². The van der Waals surface area contributed by atoms with E-state index in [1.165, 1.54) is 0 Å². The second-order valence-corrected chi connectivity index (χ2v) is 9.12. The standard InChI is InChI=1S/C20H20FNO5S/c1-28(24,25)14-5-6-16(21)15(11-14)20(23)22-19(12-2-3-12)13-4-7-17-18(10-13)27-9-8-26-17/h4-7,10-12,19H,2-3,8-9H2,1H3,(H,22,23)/t19-/m1/s1. The van der Waals surface area contributed by atoms with Crippen LogP contribution in [0.4, 0.5) is 4.39 Å². The van der Waals surface area contributed by atoms with Crippen molar-refractivity contribution in [2.24, 2.45) is 5.92 Å². The van der Waals surface area contributed by atoms with E-state index in [9.17, 15) is 17.6 Å². The Bertz CT molecular complexity index is 1030. The average Bonchev–Trinajstić information content (AvgIpc) is 3.50. The van der Waals surface area contributed by atoms with Gasteiger partial charge in [0.15, 0.2) is 21.3 Å². The lowest BCUT2D eigenvalue weighted by atomic mass is 10.0. The Kier molecular flexibility index (Phi) is 4.74. The molecule has 0 radical (unpaired) electrons. The van der Waals surface area contributed by atoms with Crippen LogP contribution in [-0.4, -0.2) is 33.8 Å². The van der Waals surface area contributed by atoms with Crippen molar-refractivity contribution in [2.75, 3.05) is 19.5 Å². The molecule has 1 N–H and O–H groups in total. The largest absolute Gasteiger partial charge is 0.486 e. The van der Waals surface area contributed by atoms with Crippen LogP contribution >= 0.6 is 0 Å². The molecule has 0 unspecified atom stereocenters. The summed E-state index contributed by atoms with van der Waals surface area (Å²) in [4.78, 5) is 12.7. The summed E-state index contributed by atoms with van der Waals surface area (Å²) in [6, 6.07) is 8.41. The minimum Gasteiger partial charge on any atom is -0.486 e. The summed E-state index contributed by atoms with van der Waals surface area (Å²) >= 11 is 0. The van der Waals surface area contributed by atoms with Gasteiger partial charge in [0.1, 0.15) is 19.0 Å². The number of benzene rings is 2. The van der Waals surface area contributed by atoms with Crippen LogP contribution in [-0.2, 0) is 9.84 Å². The molecule has 1 atom stereocenters. The van der Waals surface area contributed by atoms with Gasteiger partial charge in [-0.3, -0.25) is 4.79 Å². The first-order valence-electron chi connectivity index (χ1n) is 9.03. The first kappa shape index (κ1) is 18.7. The van der Waals surface area contributed by atoms with Gasteiger partial charge >= 0.3 is 0 Å². The van der Waals surface area contributed by atoms with Gasteiger partial charge in [-0.1, -0.05) is 6.07 Å². The maximum Gasteiger partial charge on any atom is 0.254 e. The molecule has 6 nitrogen and oxygen atoms in total. The summed E-state index contributed by atoms with van der Waals surface area (Å²) in [5.74, 6) is 0.112. The molecule has 0 saturated heterocycles. The minimum absolute atomic E-state index is 0.0960. The second kappa shape index (κ2) is 7.09. The number of fused-ring (bicyclic) bond motifs is 1. The van der Waals surface area contributed by atoms with Crippen molar-refractivity contribution in [1.82, 2.24) is 5.32 Å². The van der Waals surface area contributed by atoms with Crippen LogP contribution in [0.1, 0.15) is 34.8 Å². The molecule has 1 fully saturated rings. The lowest BCUT2D eigenvalue weighted by molar-refractivity contribution is 0.0927. The summed E-state index contributed by atoms with van der Waals surface area (Å²) in [6.07, 6.45) is 2.92. The Morgan fingerprint density at radius 1 is 1.11 bits per heavy atom. The fourth-order valence-electron chi connectivity index (χ4n) is 3.28. The number of rotatable bonds is 5. The van der Waals surface area contributed by atoms with E-state index in [0.29, 0.717) is 24.7 Å². The van der Waals surface area contributed by atoms with Crippen LogP contribution in [0.5, 0.6) is 11.5 Å². The third-order valence-electron chi connectivity index (χ3n) is 4.92. The Morgan fingerprint density at radius 3 is 2.50 bits per heavy atom. The van der Waals surface area contributed by atoms with Gasteiger partial charge in [0, 0.05) is 6.26 Å². The summed E-state index contributed by atoms with van der Waals surface area (Å²) in [7, 11) is -3.55. The molecule has 1 amide bonds. The zero-order valence-corrected chi connectivity index (χ0v) is 16.1. The summed E-state index contributed by atoms with van der Waals surface area (Å²) in [5, 5.41) is 2.87. The third kappa shape index (κ3) is 3.82. The van der Waals surface area contributed by atoms with Crippen LogP contribution in [0.3, 0.4) is 0 Å².